The predicted molar refractivity (Wildman–Crippen MR) is 113 cm³/mol. The largest absolute Gasteiger partial charge is 0.366 e. The number of H-pyrrole nitrogens is 1. The van der Waals surface area contributed by atoms with Crippen LogP contribution in [0.3, 0.4) is 0 Å². The van der Waals surface area contributed by atoms with Crippen LogP contribution in [-0.4, -0.2) is 31.6 Å². The molecular formula is C23H13F2N5O2. The van der Waals surface area contributed by atoms with E-state index in [1.54, 1.807) is 18.5 Å². The van der Waals surface area contributed by atoms with Crippen LogP contribution in [0.4, 0.5) is 8.78 Å². The number of nitrogens with zero attached hydrogens (tertiary/aromatic N) is 3. The van der Waals surface area contributed by atoms with E-state index in [0.29, 0.717) is 16.6 Å². The second-order valence-corrected chi connectivity index (χ2v) is 7.10. The van der Waals surface area contributed by atoms with E-state index in [2.05, 4.69) is 19.9 Å². The van der Waals surface area contributed by atoms with Crippen molar-refractivity contribution < 1.29 is 18.4 Å². The van der Waals surface area contributed by atoms with E-state index in [9.17, 15) is 18.4 Å². The number of benzene rings is 2. The Kier molecular flexibility index (Phi) is 4.44. The quantitative estimate of drug-likeness (QED) is 0.422. The molecular weight excluding hydrogens is 416 g/mol. The van der Waals surface area contributed by atoms with Crippen molar-refractivity contribution in [2.75, 3.05) is 0 Å². The van der Waals surface area contributed by atoms with E-state index in [0.717, 1.165) is 28.6 Å². The SMILES string of the molecule is NC(=O)c1ccc(F)c(C(=O)c2c[nH]c3ncc(-c4ccc5ncncc5c4)cc23)c1F. The van der Waals surface area contributed by atoms with E-state index in [1.807, 2.05) is 18.2 Å². The van der Waals surface area contributed by atoms with Crippen molar-refractivity contribution >= 4 is 33.6 Å². The zero-order chi connectivity index (χ0) is 22.4. The molecule has 156 valence electrons. The maximum absolute atomic E-state index is 14.7. The molecule has 0 saturated carbocycles. The molecule has 32 heavy (non-hydrogen) atoms. The first-order valence-electron chi connectivity index (χ1n) is 9.44. The Hall–Kier alpha value is -4.53. The minimum Gasteiger partial charge on any atom is -0.366 e. The number of aromatic amines is 1. The molecule has 0 aliphatic heterocycles. The predicted octanol–water partition coefficient (Wildman–Crippen LogP) is 3.78. The number of hydrogen-bond acceptors (Lipinski definition) is 5. The van der Waals surface area contributed by atoms with Crippen LogP contribution in [0, 0.1) is 11.6 Å². The van der Waals surface area contributed by atoms with Crippen molar-refractivity contribution in [3.63, 3.8) is 0 Å². The van der Waals surface area contributed by atoms with Crippen molar-refractivity contribution in [2.24, 2.45) is 5.73 Å². The molecule has 2 aromatic carbocycles. The topological polar surface area (TPSA) is 115 Å². The number of aromatic nitrogens is 4. The van der Waals surface area contributed by atoms with Gasteiger partial charge in [-0.25, -0.2) is 23.7 Å². The molecule has 0 unspecified atom stereocenters. The molecule has 0 saturated heterocycles. The fourth-order valence-electron chi connectivity index (χ4n) is 3.60. The first kappa shape index (κ1) is 19.4. The van der Waals surface area contributed by atoms with Crippen LogP contribution in [0.2, 0.25) is 0 Å². The first-order chi connectivity index (χ1) is 15.4. The van der Waals surface area contributed by atoms with Gasteiger partial charge in [-0.15, -0.1) is 0 Å². The molecule has 5 aromatic rings. The number of fused-ring (bicyclic) bond motifs is 2. The Labute approximate surface area is 179 Å². The zero-order valence-electron chi connectivity index (χ0n) is 16.3. The Morgan fingerprint density at radius 3 is 2.59 bits per heavy atom. The molecule has 3 aromatic heterocycles. The molecule has 5 rings (SSSR count). The van der Waals surface area contributed by atoms with Crippen LogP contribution in [0.25, 0.3) is 33.1 Å². The van der Waals surface area contributed by atoms with Crippen molar-refractivity contribution in [1.29, 1.82) is 0 Å². The summed E-state index contributed by atoms with van der Waals surface area (Å²) < 4.78 is 29.1. The molecule has 0 aliphatic rings. The number of rotatable bonds is 4. The van der Waals surface area contributed by atoms with Crippen molar-refractivity contribution in [3.05, 3.63) is 89.6 Å². The average molecular weight is 429 g/mol. The molecule has 0 aliphatic carbocycles. The summed E-state index contributed by atoms with van der Waals surface area (Å²) in [6.45, 7) is 0. The van der Waals surface area contributed by atoms with Gasteiger partial charge >= 0.3 is 0 Å². The van der Waals surface area contributed by atoms with E-state index in [1.165, 1.54) is 12.5 Å². The lowest BCUT2D eigenvalue weighted by Crippen LogP contribution is -2.17. The standard InChI is InChI=1S/C23H13F2N5O2/c24-17-3-2-14(22(26)32)20(25)19(17)21(31)16-9-29-23-15(16)6-12(8-28-23)11-1-4-18-13(5-11)7-27-10-30-18/h1-10H,(H2,26,32)(H,28,29). The summed E-state index contributed by atoms with van der Waals surface area (Å²) in [6.07, 6.45) is 6.08. The monoisotopic (exact) mass is 429 g/mol. The molecule has 3 N–H and O–H groups in total. The number of nitrogens with two attached hydrogens (primary N) is 1. The van der Waals surface area contributed by atoms with E-state index in [-0.39, 0.29) is 5.56 Å². The second kappa shape index (κ2) is 7.31. The average Bonchev–Trinajstić information content (AvgIpc) is 3.21. The van der Waals surface area contributed by atoms with Crippen LogP contribution in [0.15, 0.2) is 61.3 Å². The molecule has 0 radical (unpaired) electrons. The molecule has 1 amide bonds. The highest BCUT2D eigenvalue weighted by Gasteiger charge is 2.25. The number of carbonyl (C=O) groups is 2. The van der Waals surface area contributed by atoms with Crippen LogP contribution in [0.1, 0.15) is 26.3 Å². The first-order valence-corrected chi connectivity index (χ1v) is 9.44. The number of hydrogen-bond donors (Lipinski definition) is 2. The van der Waals surface area contributed by atoms with E-state index >= 15 is 0 Å². The number of nitrogens with one attached hydrogen (secondary N) is 1. The maximum atomic E-state index is 14.7. The summed E-state index contributed by atoms with van der Waals surface area (Å²) in [5.41, 5.74) is 6.35. The lowest BCUT2D eigenvalue weighted by Gasteiger charge is -2.07. The molecule has 0 spiro atoms. The number of primary amides is 1. The third kappa shape index (κ3) is 3.07. The summed E-state index contributed by atoms with van der Waals surface area (Å²) >= 11 is 0. The summed E-state index contributed by atoms with van der Waals surface area (Å²) in [5, 5.41) is 1.20. The smallest absolute Gasteiger partial charge is 0.251 e. The highest BCUT2D eigenvalue weighted by atomic mass is 19.1. The fourth-order valence-corrected chi connectivity index (χ4v) is 3.60. The zero-order valence-corrected chi connectivity index (χ0v) is 16.3. The molecule has 0 fully saturated rings. The van der Waals surface area contributed by atoms with Gasteiger partial charge in [0.05, 0.1) is 16.6 Å². The molecule has 9 heteroatoms. The molecule has 0 bridgehead atoms. The molecule has 0 atom stereocenters. The van der Waals surface area contributed by atoms with Gasteiger partial charge in [-0.1, -0.05) is 6.07 Å². The van der Waals surface area contributed by atoms with Crippen LogP contribution in [0.5, 0.6) is 0 Å². The third-order valence-corrected chi connectivity index (χ3v) is 5.20. The lowest BCUT2D eigenvalue weighted by molar-refractivity contribution is 0.0996. The minimum absolute atomic E-state index is 0.0119. The van der Waals surface area contributed by atoms with Gasteiger partial charge in [0.15, 0.2) is 0 Å². The van der Waals surface area contributed by atoms with E-state index in [4.69, 9.17) is 5.73 Å². The highest BCUT2D eigenvalue weighted by molar-refractivity contribution is 6.17. The minimum atomic E-state index is -1.30. The van der Waals surface area contributed by atoms with Crippen molar-refractivity contribution in [1.82, 2.24) is 19.9 Å². The highest BCUT2D eigenvalue weighted by Crippen LogP contribution is 2.29. The van der Waals surface area contributed by atoms with Gasteiger partial charge in [-0.2, -0.15) is 0 Å². The Morgan fingerprint density at radius 1 is 0.938 bits per heavy atom. The van der Waals surface area contributed by atoms with Crippen LogP contribution < -0.4 is 5.73 Å². The number of ketones is 1. The Morgan fingerprint density at radius 2 is 1.78 bits per heavy atom. The Bertz CT molecular complexity index is 1560. The number of pyridine rings is 1. The second-order valence-electron chi connectivity index (χ2n) is 7.10. The van der Waals surface area contributed by atoms with Crippen molar-refractivity contribution in [2.45, 2.75) is 0 Å². The van der Waals surface area contributed by atoms with Crippen molar-refractivity contribution in [3.8, 4) is 11.1 Å². The number of amides is 1. The van der Waals surface area contributed by atoms with Gasteiger partial charge in [-0.3, -0.25) is 9.59 Å². The van der Waals surface area contributed by atoms with Gasteiger partial charge in [-0.05, 0) is 35.9 Å². The third-order valence-electron chi connectivity index (χ3n) is 5.20. The number of halogens is 2. The summed E-state index contributed by atoms with van der Waals surface area (Å²) in [5.74, 6) is -4.42. The maximum Gasteiger partial charge on any atom is 0.251 e. The van der Waals surface area contributed by atoms with E-state index < -0.39 is 34.5 Å². The van der Waals surface area contributed by atoms with Gasteiger partial charge in [0, 0.05) is 40.5 Å². The van der Waals surface area contributed by atoms with Gasteiger partial charge in [0.25, 0.3) is 5.91 Å². The Balaban J connectivity index is 1.64. The fraction of sp³-hybridized carbons (Fsp3) is 0. The molecule has 7 nitrogen and oxygen atoms in total. The van der Waals surface area contributed by atoms with Crippen LogP contribution >= 0.6 is 0 Å². The van der Waals surface area contributed by atoms with Gasteiger partial charge in [0.2, 0.25) is 5.78 Å². The lowest BCUT2D eigenvalue weighted by atomic mass is 9.98. The normalized spacial score (nSPS) is 11.2. The summed E-state index contributed by atoms with van der Waals surface area (Å²) in [6, 6.07) is 9.00. The summed E-state index contributed by atoms with van der Waals surface area (Å²) in [7, 11) is 0. The molecule has 3 heterocycles. The number of carbonyl (C=O) groups excluding carboxylic acids is 2. The summed E-state index contributed by atoms with van der Waals surface area (Å²) in [4.78, 5) is 39.8. The van der Waals surface area contributed by atoms with Gasteiger partial charge < -0.3 is 10.7 Å². The van der Waals surface area contributed by atoms with Gasteiger partial charge in [0.1, 0.15) is 23.6 Å². The van der Waals surface area contributed by atoms with Crippen LogP contribution in [-0.2, 0) is 0 Å².